The number of hydrogen-bond donors (Lipinski definition) is 0. The molecular weight excluding hydrogens is 256 g/mol. The van der Waals surface area contributed by atoms with Crippen LogP contribution in [0.1, 0.15) is 30.3 Å². The van der Waals surface area contributed by atoms with Crippen LogP contribution in [-0.2, 0) is 0 Å². The summed E-state index contributed by atoms with van der Waals surface area (Å²) in [5.74, 6) is 1.55. The van der Waals surface area contributed by atoms with E-state index in [-0.39, 0.29) is 0 Å². The zero-order valence-corrected chi connectivity index (χ0v) is 10.6. The predicted octanol–water partition coefficient (Wildman–Crippen LogP) is 1.89. The van der Waals surface area contributed by atoms with Crippen LogP contribution in [0.2, 0.25) is 0 Å². The average Bonchev–Trinajstić information content (AvgIpc) is 2.75. The second-order valence-corrected chi connectivity index (χ2v) is 5.83. The van der Waals surface area contributed by atoms with Crippen molar-refractivity contribution < 1.29 is 0 Å². The second kappa shape index (κ2) is 3.30. The van der Waals surface area contributed by atoms with E-state index < -0.39 is 0 Å². The molecule has 8 heteroatoms. The van der Waals surface area contributed by atoms with Crippen molar-refractivity contribution in [3.8, 4) is 9.88 Å². The van der Waals surface area contributed by atoms with E-state index in [0.29, 0.717) is 5.92 Å². The SMILES string of the molecule is Cc1nnsc1-c1nn2c(C3CC3)nnc2s1. The molecule has 0 spiro atoms. The van der Waals surface area contributed by atoms with Crippen LogP contribution in [0.25, 0.3) is 14.8 Å². The van der Waals surface area contributed by atoms with Gasteiger partial charge in [0.2, 0.25) is 4.96 Å². The molecule has 0 bridgehead atoms. The highest BCUT2D eigenvalue weighted by molar-refractivity contribution is 7.23. The zero-order chi connectivity index (χ0) is 11.4. The fourth-order valence-corrected chi connectivity index (χ4v) is 3.36. The van der Waals surface area contributed by atoms with Gasteiger partial charge in [0.25, 0.3) is 0 Å². The van der Waals surface area contributed by atoms with E-state index >= 15 is 0 Å². The van der Waals surface area contributed by atoms with Crippen molar-refractivity contribution in [2.75, 3.05) is 0 Å². The number of aryl methyl sites for hydroxylation is 1. The molecule has 0 aliphatic heterocycles. The highest BCUT2D eigenvalue weighted by Gasteiger charge is 2.30. The van der Waals surface area contributed by atoms with Gasteiger partial charge < -0.3 is 0 Å². The Morgan fingerprint density at radius 2 is 2.12 bits per heavy atom. The number of aromatic nitrogens is 6. The van der Waals surface area contributed by atoms with Gasteiger partial charge in [-0.05, 0) is 31.3 Å². The quantitative estimate of drug-likeness (QED) is 0.707. The van der Waals surface area contributed by atoms with E-state index in [0.717, 1.165) is 26.4 Å². The van der Waals surface area contributed by atoms with E-state index in [1.54, 1.807) is 11.3 Å². The lowest BCUT2D eigenvalue weighted by Gasteiger charge is -1.90. The van der Waals surface area contributed by atoms with Crippen LogP contribution in [0.4, 0.5) is 0 Å². The molecule has 0 amide bonds. The Kier molecular flexibility index (Phi) is 1.86. The first-order valence-electron chi connectivity index (χ1n) is 5.34. The Labute approximate surface area is 104 Å². The van der Waals surface area contributed by atoms with Gasteiger partial charge in [-0.15, -0.1) is 15.3 Å². The number of nitrogens with zero attached hydrogens (tertiary/aromatic N) is 6. The van der Waals surface area contributed by atoms with Crippen molar-refractivity contribution >= 4 is 27.8 Å². The number of rotatable bonds is 2. The van der Waals surface area contributed by atoms with Gasteiger partial charge in [-0.3, -0.25) is 0 Å². The monoisotopic (exact) mass is 264 g/mol. The first-order valence-corrected chi connectivity index (χ1v) is 6.93. The molecule has 1 fully saturated rings. The van der Waals surface area contributed by atoms with Crippen LogP contribution in [0.15, 0.2) is 0 Å². The van der Waals surface area contributed by atoms with Gasteiger partial charge >= 0.3 is 0 Å². The minimum Gasteiger partial charge on any atom is -0.187 e. The summed E-state index contributed by atoms with van der Waals surface area (Å²) in [6.45, 7) is 1.95. The van der Waals surface area contributed by atoms with E-state index in [4.69, 9.17) is 0 Å². The summed E-state index contributed by atoms with van der Waals surface area (Å²) in [5, 5.41) is 17.9. The van der Waals surface area contributed by atoms with E-state index in [2.05, 4.69) is 24.9 Å². The Morgan fingerprint density at radius 1 is 1.24 bits per heavy atom. The van der Waals surface area contributed by atoms with Crippen LogP contribution in [-0.4, -0.2) is 29.4 Å². The van der Waals surface area contributed by atoms with Crippen LogP contribution >= 0.6 is 22.9 Å². The number of fused-ring (bicyclic) bond motifs is 1. The summed E-state index contributed by atoms with van der Waals surface area (Å²) in [7, 11) is 0. The maximum atomic E-state index is 4.58. The summed E-state index contributed by atoms with van der Waals surface area (Å²) in [6.07, 6.45) is 2.41. The third kappa shape index (κ3) is 1.40. The van der Waals surface area contributed by atoms with Crippen LogP contribution < -0.4 is 0 Å². The maximum Gasteiger partial charge on any atom is 0.235 e. The Balaban J connectivity index is 1.90. The van der Waals surface area contributed by atoms with Gasteiger partial charge in [0, 0.05) is 5.92 Å². The normalized spacial score (nSPS) is 15.8. The smallest absolute Gasteiger partial charge is 0.187 e. The maximum absolute atomic E-state index is 4.58. The van der Waals surface area contributed by atoms with Crippen molar-refractivity contribution in [1.82, 2.24) is 29.4 Å². The molecule has 1 aliphatic carbocycles. The molecule has 0 saturated heterocycles. The molecule has 86 valence electrons. The summed E-state index contributed by atoms with van der Waals surface area (Å²) in [6, 6.07) is 0. The molecule has 0 aromatic carbocycles. The fourth-order valence-electron chi connectivity index (χ4n) is 1.75. The standard InChI is InChI=1S/C9H8N6S2/c1-4-6(17-14-10-4)8-13-15-7(5-2-3-5)11-12-9(15)16-8/h5H,2-3H2,1H3. The molecule has 1 saturated carbocycles. The van der Waals surface area contributed by atoms with E-state index in [1.165, 1.54) is 24.4 Å². The Bertz CT molecular complexity index is 691. The van der Waals surface area contributed by atoms with Crippen molar-refractivity contribution in [3.05, 3.63) is 11.5 Å². The Morgan fingerprint density at radius 3 is 2.82 bits per heavy atom. The molecule has 0 radical (unpaired) electrons. The third-order valence-corrected chi connectivity index (χ3v) is 4.68. The minimum atomic E-state index is 0.556. The Hall–Kier alpha value is -1.41. The molecule has 6 nitrogen and oxygen atoms in total. The second-order valence-electron chi connectivity index (χ2n) is 4.12. The van der Waals surface area contributed by atoms with Crippen molar-refractivity contribution in [3.63, 3.8) is 0 Å². The molecule has 3 heterocycles. The highest BCUT2D eigenvalue weighted by atomic mass is 32.1. The van der Waals surface area contributed by atoms with Crippen LogP contribution in [0.3, 0.4) is 0 Å². The fraction of sp³-hybridized carbons (Fsp3) is 0.444. The first kappa shape index (κ1) is 9.60. The lowest BCUT2D eigenvalue weighted by molar-refractivity contribution is 0.828. The molecule has 1 aliphatic rings. The van der Waals surface area contributed by atoms with Gasteiger partial charge in [-0.25, -0.2) is 0 Å². The molecule has 0 unspecified atom stereocenters. The average molecular weight is 264 g/mol. The topological polar surface area (TPSA) is 68.9 Å². The first-order chi connectivity index (χ1) is 8.33. The molecule has 17 heavy (non-hydrogen) atoms. The van der Waals surface area contributed by atoms with Crippen molar-refractivity contribution in [2.45, 2.75) is 25.7 Å². The summed E-state index contributed by atoms with van der Waals surface area (Å²) >= 11 is 2.92. The lowest BCUT2D eigenvalue weighted by atomic mass is 10.4. The van der Waals surface area contributed by atoms with Crippen LogP contribution in [0, 0.1) is 6.92 Å². The lowest BCUT2D eigenvalue weighted by Crippen LogP contribution is -1.93. The molecule has 3 aromatic heterocycles. The number of hydrogen-bond acceptors (Lipinski definition) is 7. The van der Waals surface area contributed by atoms with Crippen molar-refractivity contribution in [1.29, 1.82) is 0 Å². The molecule has 0 atom stereocenters. The summed E-state index contributed by atoms with van der Waals surface area (Å²) in [5.41, 5.74) is 0.924. The predicted molar refractivity (Wildman–Crippen MR) is 64.3 cm³/mol. The van der Waals surface area contributed by atoms with Crippen molar-refractivity contribution in [2.24, 2.45) is 0 Å². The molecular formula is C9H8N6S2. The molecule has 3 aromatic rings. The summed E-state index contributed by atoms with van der Waals surface area (Å²) in [4.78, 5) is 1.89. The highest BCUT2D eigenvalue weighted by Crippen LogP contribution is 2.40. The van der Waals surface area contributed by atoms with Gasteiger partial charge in [0.1, 0.15) is 4.88 Å². The molecule has 0 N–H and O–H groups in total. The largest absolute Gasteiger partial charge is 0.235 e. The van der Waals surface area contributed by atoms with Gasteiger partial charge in [-0.1, -0.05) is 15.8 Å². The van der Waals surface area contributed by atoms with E-state index in [1.807, 2.05) is 11.4 Å². The zero-order valence-electron chi connectivity index (χ0n) is 8.99. The van der Waals surface area contributed by atoms with Gasteiger partial charge in [-0.2, -0.15) is 9.61 Å². The van der Waals surface area contributed by atoms with Gasteiger partial charge in [0.15, 0.2) is 10.8 Å². The minimum absolute atomic E-state index is 0.556. The molecule has 4 rings (SSSR count). The third-order valence-electron chi connectivity index (χ3n) is 2.80. The van der Waals surface area contributed by atoms with Crippen LogP contribution in [0.5, 0.6) is 0 Å². The van der Waals surface area contributed by atoms with Gasteiger partial charge in [0.05, 0.1) is 5.69 Å². The van der Waals surface area contributed by atoms with E-state index in [9.17, 15) is 0 Å². The summed E-state index contributed by atoms with van der Waals surface area (Å²) < 4.78 is 5.81.